The zero-order valence-corrected chi connectivity index (χ0v) is 18.9. The molecule has 0 fully saturated rings. The van der Waals surface area contributed by atoms with Crippen LogP contribution in [0.3, 0.4) is 0 Å². The van der Waals surface area contributed by atoms with E-state index >= 15 is 0 Å². The van der Waals surface area contributed by atoms with Gasteiger partial charge in [-0.05, 0) is 29.8 Å². The summed E-state index contributed by atoms with van der Waals surface area (Å²) in [4.78, 5) is 11.3. The van der Waals surface area contributed by atoms with E-state index < -0.39 is 10.0 Å². The molecule has 8 heteroatoms. The van der Waals surface area contributed by atoms with Gasteiger partial charge < -0.3 is 5.32 Å². The lowest BCUT2D eigenvalue weighted by Crippen LogP contribution is -2.23. The molecule has 0 aliphatic heterocycles. The molecule has 168 valence electrons. The van der Waals surface area contributed by atoms with Gasteiger partial charge in [0.05, 0.1) is 17.1 Å². The lowest BCUT2D eigenvalue weighted by atomic mass is 10.1. The van der Waals surface area contributed by atoms with Gasteiger partial charge in [0, 0.05) is 36.5 Å². The Morgan fingerprint density at radius 3 is 2.18 bits per heavy atom. The molecule has 4 aromatic rings. The summed E-state index contributed by atoms with van der Waals surface area (Å²) in [5, 5.41) is 7.35. The molecule has 0 radical (unpaired) electrons. The molecular weight excluding hydrogens is 436 g/mol. The number of sulfonamides is 1. The first-order chi connectivity index (χ1) is 15.9. The molecule has 2 N–H and O–H groups in total. The van der Waals surface area contributed by atoms with Gasteiger partial charge in [0.15, 0.2) is 0 Å². The number of benzene rings is 3. The van der Waals surface area contributed by atoms with Crippen LogP contribution in [0.5, 0.6) is 0 Å². The number of hydrogen-bond donors (Lipinski definition) is 2. The highest BCUT2D eigenvalue weighted by Crippen LogP contribution is 2.23. The minimum Gasteiger partial charge on any atom is -0.326 e. The van der Waals surface area contributed by atoms with E-state index in [0.717, 1.165) is 22.4 Å². The normalized spacial score (nSPS) is 11.3. The fourth-order valence-corrected chi connectivity index (χ4v) is 4.47. The molecule has 7 nitrogen and oxygen atoms in total. The number of aromatic nitrogens is 2. The number of rotatable bonds is 8. The molecule has 4 rings (SSSR count). The van der Waals surface area contributed by atoms with Crippen LogP contribution < -0.4 is 10.0 Å². The predicted octanol–water partition coefficient (Wildman–Crippen LogP) is 4.04. The average Bonchev–Trinajstić information content (AvgIpc) is 3.22. The molecule has 0 bridgehead atoms. The lowest BCUT2D eigenvalue weighted by Gasteiger charge is -2.08. The van der Waals surface area contributed by atoms with Crippen molar-refractivity contribution in [2.45, 2.75) is 24.9 Å². The molecule has 1 heterocycles. The van der Waals surface area contributed by atoms with Gasteiger partial charge in [0.2, 0.25) is 15.9 Å². The third kappa shape index (κ3) is 5.74. The van der Waals surface area contributed by atoms with E-state index in [9.17, 15) is 13.2 Å². The molecule has 0 unspecified atom stereocenters. The Balaban J connectivity index is 1.56. The Kier molecular flexibility index (Phi) is 6.67. The Morgan fingerprint density at radius 1 is 0.909 bits per heavy atom. The Bertz CT molecular complexity index is 1330. The van der Waals surface area contributed by atoms with E-state index in [1.807, 2.05) is 71.5 Å². The summed E-state index contributed by atoms with van der Waals surface area (Å²) >= 11 is 0. The molecule has 33 heavy (non-hydrogen) atoms. The minimum absolute atomic E-state index is 0.0921. The van der Waals surface area contributed by atoms with Crippen LogP contribution in [0.2, 0.25) is 0 Å². The van der Waals surface area contributed by atoms with Crippen molar-refractivity contribution in [3.8, 4) is 11.3 Å². The van der Waals surface area contributed by atoms with Crippen LogP contribution in [0.25, 0.3) is 11.3 Å². The SMILES string of the molecule is CC(=O)Nc1ccc(S(=O)(=O)NCc2cn(Cc3ccccc3)nc2-c2ccccc2)cc1. The number of carbonyl (C=O) groups excluding carboxylic acids is 1. The molecule has 0 saturated carbocycles. The maximum atomic E-state index is 12.9. The van der Waals surface area contributed by atoms with Gasteiger partial charge in [0.1, 0.15) is 0 Å². The van der Waals surface area contributed by atoms with E-state index in [0.29, 0.717) is 12.2 Å². The van der Waals surface area contributed by atoms with Crippen LogP contribution in [0.4, 0.5) is 5.69 Å². The highest BCUT2D eigenvalue weighted by molar-refractivity contribution is 7.89. The van der Waals surface area contributed by atoms with Crippen LogP contribution in [0, 0.1) is 0 Å². The second-order valence-electron chi connectivity index (χ2n) is 7.58. The Morgan fingerprint density at radius 2 is 1.55 bits per heavy atom. The largest absolute Gasteiger partial charge is 0.326 e. The predicted molar refractivity (Wildman–Crippen MR) is 128 cm³/mol. The lowest BCUT2D eigenvalue weighted by molar-refractivity contribution is -0.114. The molecule has 1 amide bonds. The summed E-state index contributed by atoms with van der Waals surface area (Å²) in [5.74, 6) is -0.218. The first kappa shape index (κ1) is 22.4. The van der Waals surface area contributed by atoms with Crippen molar-refractivity contribution in [3.63, 3.8) is 0 Å². The standard InChI is InChI=1S/C25H24N4O3S/c1-19(30)27-23-12-14-24(15-13-23)33(31,32)26-16-22-18-29(17-20-8-4-2-5-9-20)28-25(22)21-10-6-3-7-11-21/h2-15,18,26H,16-17H2,1H3,(H,27,30). The smallest absolute Gasteiger partial charge is 0.240 e. The van der Waals surface area contributed by atoms with Crippen LogP contribution in [0.15, 0.2) is 96.0 Å². The molecular formula is C25H24N4O3S. The topological polar surface area (TPSA) is 93.1 Å². The zero-order chi connectivity index (χ0) is 23.3. The minimum atomic E-state index is -3.75. The van der Waals surface area contributed by atoms with Crippen molar-refractivity contribution < 1.29 is 13.2 Å². The molecule has 0 aliphatic rings. The summed E-state index contributed by atoms with van der Waals surface area (Å²) in [7, 11) is -3.75. The van der Waals surface area contributed by atoms with Gasteiger partial charge >= 0.3 is 0 Å². The first-order valence-electron chi connectivity index (χ1n) is 10.4. The fourth-order valence-electron chi connectivity index (χ4n) is 3.46. The van der Waals surface area contributed by atoms with Crippen LogP contribution in [-0.2, 0) is 27.9 Å². The highest BCUT2D eigenvalue weighted by Gasteiger charge is 2.17. The number of amides is 1. The number of nitrogens with one attached hydrogen (secondary N) is 2. The molecule has 1 aromatic heterocycles. The third-order valence-electron chi connectivity index (χ3n) is 5.01. The van der Waals surface area contributed by atoms with Crippen LogP contribution in [-0.4, -0.2) is 24.1 Å². The van der Waals surface area contributed by atoms with Crippen molar-refractivity contribution in [1.82, 2.24) is 14.5 Å². The van der Waals surface area contributed by atoms with Gasteiger partial charge in [-0.15, -0.1) is 0 Å². The summed E-state index contributed by atoms with van der Waals surface area (Å²) in [6, 6.07) is 25.7. The van der Waals surface area contributed by atoms with E-state index in [2.05, 4.69) is 10.0 Å². The molecule has 0 spiro atoms. The first-order valence-corrected chi connectivity index (χ1v) is 11.9. The number of nitrogens with zero attached hydrogens (tertiary/aromatic N) is 2. The summed E-state index contributed by atoms with van der Waals surface area (Å²) in [6.07, 6.45) is 1.87. The maximum absolute atomic E-state index is 12.9. The molecule has 0 saturated heterocycles. The molecule has 0 aliphatic carbocycles. The van der Waals surface area contributed by atoms with Gasteiger partial charge in [-0.3, -0.25) is 9.48 Å². The van der Waals surface area contributed by atoms with Gasteiger partial charge in [-0.1, -0.05) is 60.7 Å². The quantitative estimate of drug-likeness (QED) is 0.415. The highest BCUT2D eigenvalue weighted by atomic mass is 32.2. The zero-order valence-electron chi connectivity index (χ0n) is 18.1. The van der Waals surface area contributed by atoms with Crippen LogP contribution >= 0.6 is 0 Å². The number of carbonyl (C=O) groups is 1. The van der Waals surface area contributed by atoms with E-state index in [4.69, 9.17) is 5.10 Å². The van der Waals surface area contributed by atoms with Crippen LogP contribution in [0.1, 0.15) is 18.1 Å². The second-order valence-corrected chi connectivity index (χ2v) is 9.35. The van der Waals surface area contributed by atoms with E-state index in [1.165, 1.54) is 19.1 Å². The van der Waals surface area contributed by atoms with Crippen molar-refractivity contribution in [2.24, 2.45) is 0 Å². The average molecular weight is 461 g/mol. The van der Waals surface area contributed by atoms with Gasteiger partial charge in [-0.2, -0.15) is 5.10 Å². The van der Waals surface area contributed by atoms with E-state index in [-0.39, 0.29) is 17.3 Å². The monoisotopic (exact) mass is 460 g/mol. The Labute approximate surface area is 193 Å². The van der Waals surface area contributed by atoms with Gasteiger partial charge in [0.25, 0.3) is 0 Å². The number of hydrogen-bond acceptors (Lipinski definition) is 4. The summed E-state index contributed by atoms with van der Waals surface area (Å²) in [6.45, 7) is 2.07. The maximum Gasteiger partial charge on any atom is 0.240 e. The molecule has 3 aromatic carbocycles. The second kappa shape index (κ2) is 9.81. The third-order valence-corrected chi connectivity index (χ3v) is 6.43. The summed E-state index contributed by atoms with van der Waals surface area (Å²) < 4.78 is 30.2. The fraction of sp³-hybridized carbons (Fsp3) is 0.120. The van der Waals surface area contributed by atoms with Gasteiger partial charge in [-0.25, -0.2) is 13.1 Å². The number of anilines is 1. The Hall–Kier alpha value is -3.75. The summed E-state index contributed by atoms with van der Waals surface area (Å²) in [5.41, 5.74) is 4.06. The van der Waals surface area contributed by atoms with Crippen molar-refractivity contribution in [3.05, 3.63) is 102 Å². The van der Waals surface area contributed by atoms with Crippen molar-refractivity contribution >= 4 is 21.6 Å². The van der Waals surface area contributed by atoms with Crippen molar-refractivity contribution in [2.75, 3.05) is 5.32 Å². The molecule has 0 atom stereocenters. The van der Waals surface area contributed by atoms with Crippen molar-refractivity contribution in [1.29, 1.82) is 0 Å². The van der Waals surface area contributed by atoms with E-state index in [1.54, 1.807) is 12.1 Å².